The second kappa shape index (κ2) is 8.23. The number of amides is 2. The number of carbonyl (C=O) groups is 2. The highest BCUT2D eigenvalue weighted by Gasteiger charge is 2.20. The van der Waals surface area contributed by atoms with Crippen molar-refractivity contribution in [1.29, 1.82) is 0 Å². The lowest BCUT2D eigenvalue weighted by molar-refractivity contribution is 0.103. The lowest BCUT2D eigenvalue weighted by Crippen LogP contribution is -2.20. The van der Waals surface area contributed by atoms with Crippen LogP contribution in [0.3, 0.4) is 0 Å². The van der Waals surface area contributed by atoms with Crippen LogP contribution in [0.25, 0.3) is 10.9 Å². The Labute approximate surface area is 173 Å². The van der Waals surface area contributed by atoms with Crippen molar-refractivity contribution in [3.05, 3.63) is 95.7 Å². The minimum absolute atomic E-state index is 0.0990. The molecule has 9 heteroatoms. The van der Waals surface area contributed by atoms with Crippen LogP contribution < -0.4 is 10.6 Å². The van der Waals surface area contributed by atoms with Crippen LogP contribution in [0, 0.1) is 17.5 Å². The second-order valence-corrected chi connectivity index (χ2v) is 6.53. The standard InChI is InChI=1S/C22H13F3N4O2/c23-14-2-1-3-15(7-14)28-22(31)29-16-8-17(20(25)18(24)9-16)21(30)12-4-5-19-13(6-12)10-26-11-27-19/h1-11H,(H2,28,29,31). The highest BCUT2D eigenvalue weighted by molar-refractivity contribution is 6.11. The molecular weight excluding hydrogens is 409 g/mol. The SMILES string of the molecule is O=C(Nc1cccc(F)c1)Nc1cc(F)c(F)c(C(=O)c2ccc3ncncc3c2)c1. The zero-order valence-corrected chi connectivity index (χ0v) is 15.7. The summed E-state index contributed by atoms with van der Waals surface area (Å²) in [6, 6.07) is 10.5. The van der Waals surface area contributed by atoms with Gasteiger partial charge in [0.2, 0.25) is 0 Å². The molecule has 4 rings (SSSR count). The molecule has 0 aliphatic carbocycles. The van der Waals surface area contributed by atoms with E-state index in [9.17, 15) is 22.8 Å². The van der Waals surface area contributed by atoms with Crippen molar-refractivity contribution >= 4 is 34.1 Å². The summed E-state index contributed by atoms with van der Waals surface area (Å²) >= 11 is 0. The molecule has 0 aliphatic heterocycles. The summed E-state index contributed by atoms with van der Waals surface area (Å²) in [7, 11) is 0. The van der Waals surface area contributed by atoms with E-state index in [1.54, 1.807) is 6.07 Å². The number of anilines is 2. The minimum Gasteiger partial charge on any atom is -0.308 e. The van der Waals surface area contributed by atoms with E-state index in [1.165, 1.54) is 42.9 Å². The number of aromatic nitrogens is 2. The lowest BCUT2D eigenvalue weighted by atomic mass is 10.0. The molecule has 0 bridgehead atoms. The van der Waals surface area contributed by atoms with E-state index in [4.69, 9.17) is 0 Å². The molecule has 2 amide bonds. The number of carbonyl (C=O) groups excluding carboxylic acids is 2. The Balaban J connectivity index is 1.61. The Kier molecular flexibility index (Phi) is 5.31. The summed E-state index contributed by atoms with van der Waals surface area (Å²) in [6.45, 7) is 0. The molecule has 0 saturated heterocycles. The zero-order valence-electron chi connectivity index (χ0n) is 15.7. The predicted octanol–water partition coefficient (Wildman–Crippen LogP) is 4.92. The predicted molar refractivity (Wildman–Crippen MR) is 108 cm³/mol. The third-order valence-electron chi connectivity index (χ3n) is 4.38. The maximum Gasteiger partial charge on any atom is 0.323 e. The summed E-state index contributed by atoms with van der Waals surface area (Å²) in [6.07, 6.45) is 2.84. The fraction of sp³-hybridized carbons (Fsp3) is 0. The van der Waals surface area contributed by atoms with Crippen LogP contribution in [-0.4, -0.2) is 21.8 Å². The first-order chi connectivity index (χ1) is 14.9. The maximum atomic E-state index is 14.4. The van der Waals surface area contributed by atoms with Crippen LogP contribution in [0.2, 0.25) is 0 Å². The third kappa shape index (κ3) is 4.35. The van der Waals surface area contributed by atoms with Gasteiger partial charge in [-0.1, -0.05) is 6.07 Å². The molecule has 31 heavy (non-hydrogen) atoms. The summed E-state index contributed by atoms with van der Waals surface area (Å²) in [5.41, 5.74) is 0.136. The Morgan fingerprint density at radius 1 is 0.871 bits per heavy atom. The quantitative estimate of drug-likeness (QED) is 0.457. The molecule has 3 aromatic carbocycles. The molecule has 0 radical (unpaired) electrons. The lowest BCUT2D eigenvalue weighted by Gasteiger charge is -2.11. The minimum atomic E-state index is -1.34. The maximum absolute atomic E-state index is 14.4. The van der Waals surface area contributed by atoms with Crippen molar-refractivity contribution in [2.75, 3.05) is 10.6 Å². The summed E-state index contributed by atoms with van der Waals surface area (Å²) in [5.74, 6) is -3.99. The van der Waals surface area contributed by atoms with Gasteiger partial charge in [-0.25, -0.2) is 27.9 Å². The first kappa shape index (κ1) is 20.0. The van der Waals surface area contributed by atoms with Gasteiger partial charge in [0.15, 0.2) is 17.4 Å². The number of fused-ring (bicyclic) bond motifs is 1. The highest BCUT2D eigenvalue weighted by atomic mass is 19.2. The first-order valence-electron chi connectivity index (χ1n) is 8.98. The van der Waals surface area contributed by atoms with E-state index >= 15 is 0 Å². The molecule has 0 atom stereocenters. The molecule has 4 aromatic rings. The van der Waals surface area contributed by atoms with Gasteiger partial charge in [0.05, 0.1) is 11.1 Å². The number of hydrogen-bond acceptors (Lipinski definition) is 4. The van der Waals surface area contributed by atoms with Gasteiger partial charge in [-0.2, -0.15) is 0 Å². The van der Waals surface area contributed by atoms with Crippen LogP contribution >= 0.6 is 0 Å². The fourth-order valence-electron chi connectivity index (χ4n) is 2.97. The van der Waals surface area contributed by atoms with E-state index < -0.39 is 34.8 Å². The van der Waals surface area contributed by atoms with Crippen LogP contribution in [0.15, 0.2) is 67.1 Å². The zero-order chi connectivity index (χ0) is 22.0. The fourth-order valence-corrected chi connectivity index (χ4v) is 2.97. The molecule has 0 fully saturated rings. The van der Waals surface area contributed by atoms with Crippen LogP contribution in [0.1, 0.15) is 15.9 Å². The third-order valence-corrected chi connectivity index (χ3v) is 4.38. The summed E-state index contributed by atoms with van der Waals surface area (Å²) in [5, 5.41) is 5.22. The molecule has 1 heterocycles. The van der Waals surface area contributed by atoms with Crippen molar-refractivity contribution in [1.82, 2.24) is 9.97 Å². The van der Waals surface area contributed by atoms with Crippen molar-refractivity contribution in [3.63, 3.8) is 0 Å². The summed E-state index contributed by atoms with van der Waals surface area (Å²) < 4.78 is 41.7. The smallest absolute Gasteiger partial charge is 0.308 e. The van der Waals surface area contributed by atoms with E-state index in [2.05, 4.69) is 20.6 Å². The largest absolute Gasteiger partial charge is 0.323 e. The number of benzene rings is 3. The van der Waals surface area contributed by atoms with E-state index in [-0.39, 0.29) is 16.9 Å². The first-order valence-corrected chi connectivity index (χ1v) is 8.98. The second-order valence-electron chi connectivity index (χ2n) is 6.53. The van der Waals surface area contributed by atoms with Crippen LogP contribution in [0.5, 0.6) is 0 Å². The average molecular weight is 422 g/mol. The van der Waals surface area contributed by atoms with Gasteiger partial charge >= 0.3 is 6.03 Å². The molecule has 154 valence electrons. The molecule has 6 nitrogen and oxygen atoms in total. The van der Waals surface area contributed by atoms with Crippen molar-refractivity contribution in [2.24, 2.45) is 0 Å². The number of halogens is 3. The van der Waals surface area contributed by atoms with E-state index in [0.29, 0.717) is 10.9 Å². The Morgan fingerprint density at radius 3 is 2.48 bits per heavy atom. The van der Waals surface area contributed by atoms with Crippen molar-refractivity contribution in [2.45, 2.75) is 0 Å². The van der Waals surface area contributed by atoms with Gasteiger partial charge in [0.1, 0.15) is 12.1 Å². The van der Waals surface area contributed by atoms with Crippen molar-refractivity contribution in [3.8, 4) is 0 Å². The van der Waals surface area contributed by atoms with Crippen LogP contribution in [-0.2, 0) is 0 Å². The molecule has 0 spiro atoms. The Hall–Kier alpha value is -4.27. The number of nitrogens with zero attached hydrogens (tertiary/aromatic N) is 2. The molecule has 1 aromatic heterocycles. The molecule has 0 aliphatic rings. The average Bonchev–Trinajstić information content (AvgIpc) is 2.75. The molecular formula is C22H13F3N4O2. The molecule has 0 unspecified atom stereocenters. The Bertz CT molecular complexity index is 1330. The van der Waals surface area contributed by atoms with Gasteiger partial charge in [0, 0.05) is 34.6 Å². The van der Waals surface area contributed by atoms with Gasteiger partial charge in [-0.3, -0.25) is 4.79 Å². The van der Waals surface area contributed by atoms with E-state index in [1.807, 2.05) is 0 Å². The highest BCUT2D eigenvalue weighted by Crippen LogP contribution is 2.23. The number of ketones is 1. The van der Waals surface area contributed by atoms with Gasteiger partial charge in [-0.15, -0.1) is 0 Å². The van der Waals surface area contributed by atoms with E-state index in [0.717, 1.165) is 18.2 Å². The monoisotopic (exact) mass is 422 g/mol. The Morgan fingerprint density at radius 2 is 1.68 bits per heavy atom. The van der Waals surface area contributed by atoms with Crippen LogP contribution in [0.4, 0.5) is 29.3 Å². The number of rotatable bonds is 4. The number of nitrogens with one attached hydrogen (secondary N) is 2. The van der Waals surface area contributed by atoms with Crippen molar-refractivity contribution < 1.29 is 22.8 Å². The molecule has 2 N–H and O–H groups in total. The topological polar surface area (TPSA) is 84.0 Å². The summed E-state index contributed by atoms with van der Waals surface area (Å²) in [4.78, 5) is 32.8. The normalized spacial score (nSPS) is 10.7. The van der Waals surface area contributed by atoms with Gasteiger partial charge < -0.3 is 10.6 Å². The number of urea groups is 1. The molecule has 0 saturated carbocycles. The van der Waals surface area contributed by atoms with Gasteiger partial charge in [0.25, 0.3) is 0 Å². The van der Waals surface area contributed by atoms with Gasteiger partial charge in [-0.05, 0) is 42.5 Å². The number of hydrogen-bond donors (Lipinski definition) is 2.